The highest BCUT2D eigenvalue weighted by Crippen LogP contribution is 2.08. The molecule has 0 aromatic heterocycles. The Kier molecular flexibility index (Phi) is 4.29. The van der Waals surface area contributed by atoms with E-state index in [0.29, 0.717) is 0 Å². The summed E-state index contributed by atoms with van der Waals surface area (Å²) in [5.74, 6) is -0.872. The third kappa shape index (κ3) is 3.34. The molecule has 0 unspecified atom stereocenters. The van der Waals surface area contributed by atoms with Crippen molar-refractivity contribution in [3.63, 3.8) is 0 Å². The number of hydrogen-bond donors (Lipinski definition) is 3. The summed E-state index contributed by atoms with van der Waals surface area (Å²) in [5, 5.41) is 26.2. The first kappa shape index (κ1) is 10.9. The van der Waals surface area contributed by atoms with Gasteiger partial charge in [-0.2, -0.15) is 0 Å². The van der Waals surface area contributed by atoms with Gasteiger partial charge in [-0.25, -0.2) is 0 Å². The molecular weight excluding hydrogens is 164 g/mol. The van der Waals surface area contributed by atoms with Crippen LogP contribution in [0.4, 0.5) is 0 Å². The van der Waals surface area contributed by atoms with Crippen LogP contribution in [0.5, 0.6) is 0 Å². The van der Waals surface area contributed by atoms with Crippen molar-refractivity contribution in [2.24, 2.45) is 0 Å². The van der Waals surface area contributed by atoms with E-state index < -0.39 is 31.2 Å². The molecule has 0 saturated heterocycles. The summed E-state index contributed by atoms with van der Waals surface area (Å²) in [6, 6.07) is 0. The number of carbonyl (C=O) groups is 1. The van der Waals surface area contributed by atoms with Crippen molar-refractivity contribution in [1.82, 2.24) is 0 Å². The van der Waals surface area contributed by atoms with Crippen molar-refractivity contribution in [1.29, 1.82) is 0 Å². The Balaban J connectivity index is 4.04. The highest BCUT2D eigenvalue weighted by molar-refractivity contribution is 5.71. The lowest BCUT2D eigenvalue weighted by Crippen LogP contribution is -2.40. The van der Waals surface area contributed by atoms with Gasteiger partial charge in [0.1, 0.15) is 11.7 Å². The maximum absolute atomic E-state index is 10.6. The quantitative estimate of drug-likeness (QED) is 0.346. The first-order valence-corrected chi connectivity index (χ1v) is 3.17. The lowest BCUT2D eigenvalue weighted by atomic mass is 10.0. The van der Waals surface area contributed by atoms with Gasteiger partial charge in [0.05, 0.1) is 19.6 Å². The van der Waals surface area contributed by atoms with E-state index in [4.69, 9.17) is 15.3 Å². The molecule has 0 aliphatic rings. The van der Waals surface area contributed by atoms with Crippen LogP contribution in [0, 0.1) is 12.5 Å². The van der Waals surface area contributed by atoms with Crippen LogP contribution in [-0.4, -0.2) is 40.1 Å². The molecule has 0 aromatic rings. The second-order valence-electron chi connectivity index (χ2n) is 2.31. The first-order chi connectivity index (χ1) is 5.58. The fourth-order valence-electron chi connectivity index (χ4n) is 0.532. The van der Waals surface area contributed by atoms with Crippen LogP contribution >= 0.6 is 0 Å². The van der Waals surface area contributed by atoms with Gasteiger partial charge in [0, 0.05) is 0 Å². The van der Waals surface area contributed by atoms with E-state index in [1.54, 1.807) is 6.11 Å². The summed E-state index contributed by atoms with van der Waals surface area (Å²) < 4.78 is 4.05. The van der Waals surface area contributed by atoms with E-state index in [1.165, 1.54) is 0 Å². The molecule has 0 atom stereocenters. The Labute approximate surface area is 69.6 Å². The number of aliphatic hydroxyl groups is 3. The van der Waals surface area contributed by atoms with Crippen molar-refractivity contribution in [2.45, 2.75) is 12.0 Å². The number of rotatable bonds is 4. The molecule has 0 bridgehead atoms. The van der Waals surface area contributed by atoms with E-state index in [2.05, 4.69) is 11.2 Å². The zero-order valence-electron chi connectivity index (χ0n) is 6.36. The molecule has 0 heterocycles. The van der Waals surface area contributed by atoms with Gasteiger partial charge >= 0.3 is 5.97 Å². The van der Waals surface area contributed by atoms with Crippen LogP contribution in [0.15, 0.2) is 0 Å². The maximum Gasteiger partial charge on any atom is 0.322 e. The van der Waals surface area contributed by atoms with Gasteiger partial charge in [0.15, 0.2) is 0 Å². The summed E-state index contributed by atoms with van der Waals surface area (Å²) in [6.45, 7) is -1.47. The molecule has 0 aliphatic heterocycles. The van der Waals surface area contributed by atoms with Crippen molar-refractivity contribution in [3.05, 3.63) is 0 Å². The maximum atomic E-state index is 10.6. The highest BCUT2D eigenvalue weighted by Gasteiger charge is 2.29. The van der Waals surface area contributed by atoms with Crippen molar-refractivity contribution in [3.8, 4) is 12.5 Å². The minimum Gasteiger partial charge on any atom is -0.393 e. The topological polar surface area (TPSA) is 87.0 Å². The molecule has 0 aliphatic carbocycles. The Bertz CT molecular complexity index is 188. The first-order valence-electron chi connectivity index (χ1n) is 3.17. The van der Waals surface area contributed by atoms with Crippen LogP contribution in [0.2, 0.25) is 0 Å². The van der Waals surface area contributed by atoms with Crippen LogP contribution in [-0.2, 0) is 9.53 Å². The summed E-state index contributed by atoms with van der Waals surface area (Å²) in [6.07, 6.45) is 5.71. The summed E-state index contributed by atoms with van der Waals surface area (Å²) in [5.41, 5.74) is -1.85. The molecule has 0 aromatic carbocycles. The van der Waals surface area contributed by atoms with Gasteiger partial charge in [-0.1, -0.05) is 6.42 Å². The molecule has 5 nitrogen and oxygen atoms in total. The second-order valence-corrected chi connectivity index (χ2v) is 2.31. The fraction of sp³-hybridized carbons (Fsp3) is 0.571. The average Bonchev–Trinajstić information content (AvgIpc) is 2.05. The molecule has 0 amide bonds. The number of hydrogen-bond acceptors (Lipinski definition) is 5. The van der Waals surface area contributed by atoms with E-state index >= 15 is 0 Å². The average molecular weight is 174 g/mol. The molecule has 0 spiro atoms. The van der Waals surface area contributed by atoms with Crippen LogP contribution in [0.1, 0.15) is 6.42 Å². The SMILES string of the molecule is C#COC(=O)CC(O)(CO)CO. The van der Waals surface area contributed by atoms with Crippen LogP contribution in [0.3, 0.4) is 0 Å². The van der Waals surface area contributed by atoms with E-state index in [-0.39, 0.29) is 0 Å². The third-order valence-corrected chi connectivity index (χ3v) is 1.23. The predicted octanol–water partition coefficient (Wildman–Crippen LogP) is -1.77. The number of terminal acetylenes is 1. The molecule has 3 N–H and O–H groups in total. The second kappa shape index (κ2) is 4.72. The summed E-state index contributed by atoms with van der Waals surface area (Å²) in [4.78, 5) is 10.6. The molecule has 0 fully saturated rings. The zero-order chi connectivity index (χ0) is 9.61. The molecule has 5 heteroatoms. The Morgan fingerprint density at radius 1 is 1.50 bits per heavy atom. The zero-order valence-corrected chi connectivity index (χ0v) is 6.36. The minimum atomic E-state index is -1.85. The predicted molar refractivity (Wildman–Crippen MR) is 38.7 cm³/mol. The third-order valence-electron chi connectivity index (χ3n) is 1.23. The van der Waals surface area contributed by atoms with Crippen molar-refractivity contribution < 1.29 is 24.9 Å². The molecular formula is C7H10O5. The van der Waals surface area contributed by atoms with Crippen LogP contribution in [0.25, 0.3) is 0 Å². The Morgan fingerprint density at radius 3 is 2.33 bits per heavy atom. The lowest BCUT2D eigenvalue weighted by Gasteiger charge is -2.20. The van der Waals surface area contributed by atoms with Gasteiger partial charge in [-0.15, -0.1) is 0 Å². The van der Waals surface area contributed by atoms with E-state index in [9.17, 15) is 4.79 Å². The van der Waals surface area contributed by atoms with Gasteiger partial charge in [-0.3, -0.25) is 4.79 Å². The van der Waals surface area contributed by atoms with E-state index in [1.807, 2.05) is 0 Å². The van der Waals surface area contributed by atoms with Crippen molar-refractivity contribution >= 4 is 5.97 Å². The minimum absolute atomic E-state index is 0.538. The highest BCUT2D eigenvalue weighted by atomic mass is 16.5. The molecule has 0 saturated carbocycles. The Morgan fingerprint density at radius 2 is 2.00 bits per heavy atom. The lowest BCUT2D eigenvalue weighted by molar-refractivity contribution is -0.146. The summed E-state index contributed by atoms with van der Waals surface area (Å²) in [7, 11) is 0. The molecule has 0 rings (SSSR count). The van der Waals surface area contributed by atoms with Crippen molar-refractivity contribution in [2.75, 3.05) is 13.2 Å². The fourth-order valence-corrected chi connectivity index (χ4v) is 0.532. The number of aliphatic hydroxyl groups excluding tert-OH is 2. The van der Waals surface area contributed by atoms with Gasteiger partial charge < -0.3 is 20.1 Å². The molecule has 12 heavy (non-hydrogen) atoms. The summed E-state index contributed by atoms with van der Waals surface area (Å²) >= 11 is 0. The van der Waals surface area contributed by atoms with Gasteiger partial charge in [0.25, 0.3) is 0 Å². The van der Waals surface area contributed by atoms with Gasteiger partial charge in [-0.05, 0) is 0 Å². The number of carbonyl (C=O) groups excluding carboxylic acids is 1. The molecule has 68 valence electrons. The monoisotopic (exact) mass is 174 g/mol. The number of ether oxygens (including phenoxy) is 1. The number of esters is 1. The Hall–Kier alpha value is -1.09. The van der Waals surface area contributed by atoms with Crippen LogP contribution < -0.4 is 0 Å². The smallest absolute Gasteiger partial charge is 0.322 e. The standard InChI is InChI=1S/C7H10O5/c1-2-12-6(10)3-7(11,4-8)5-9/h1,8-9,11H,3-5H2. The largest absolute Gasteiger partial charge is 0.393 e. The van der Waals surface area contributed by atoms with Gasteiger partial charge in [0.2, 0.25) is 0 Å². The molecule has 0 radical (unpaired) electrons. The van der Waals surface area contributed by atoms with E-state index in [0.717, 1.165) is 0 Å². The normalized spacial score (nSPS) is 10.5.